The molecule has 0 unspecified atom stereocenters. The van der Waals surface area contributed by atoms with E-state index in [4.69, 9.17) is 11.6 Å². The van der Waals surface area contributed by atoms with Crippen molar-refractivity contribution < 1.29 is 0 Å². The first-order valence-electron chi connectivity index (χ1n) is 5.14. The third-order valence-corrected chi connectivity index (χ3v) is 2.78. The molecule has 1 atom stereocenters. The standard InChI is InChI=1S/C13H13ClN2/c1-15-13(11-6-8-16-9-7-11)10-2-4-12(14)5-3-10/h2-9,13,15H,1H3/t13-/m1/s1. The number of hydrogen-bond acceptors (Lipinski definition) is 2. The van der Waals surface area contributed by atoms with Crippen molar-refractivity contribution >= 4 is 11.6 Å². The molecule has 3 heteroatoms. The maximum atomic E-state index is 5.88. The highest BCUT2D eigenvalue weighted by Gasteiger charge is 2.10. The van der Waals surface area contributed by atoms with Crippen LogP contribution >= 0.6 is 11.6 Å². The average Bonchev–Trinajstić information content (AvgIpc) is 2.34. The Labute approximate surface area is 100 Å². The molecule has 1 aromatic heterocycles. The van der Waals surface area contributed by atoms with Crippen molar-refractivity contribution in [2.75, 3.05) is 7.05 Å². The fourth-order valence-electron chi connectivity index (χ4n) is 1.74. The summed E-state index contributed by atoms with van der Waals surface area (Å²) in [5, 5.41) is 4.04. The van der Waals surface area contributed by atoms with Gasteiger partial charge in [0.2, 0.25) is 0 Å². The van der Waals surface area contributed by atoms with Gasteiger partial charge in [0, 0.05) is 17.4 Å². The van der Waals surface area contributed by atoms with Crippen LogP contribution in [0.1, 0.15) is 17.2 Å². The van der Waals surface area contributed by atoms with Crippen LogP contribution in [-0.2, 0) is 0 Å². The topological polar surface area (TPSA) is 24.9 Å². The Morgan fingerprint density at radius 1 is 1.00 bits per heavy atom. The van der Waals surface area contributed by atoms with Gasteiger partial charge in [-0.1, -0.05) is 23.7 Å². The molecule has 0 spiro atoms. The second-order valence-electron chi connectivity index (χ2n) is 3.55. The highest BCUT2D eigenvalue weighted by Crippen LogP contribution is 2.22. The smallest absolute Gasteiger partial charge is 0.0575 e. The summed E-state index contributed by atoms with van der Waals surface area (Å²) in [5.41, 5.74) is 2.39. The first kappa shape index (κ1) is 11.1. The Morgan fingerprint density at radius 2 is 1.56 bits per heavy atom. The molecule has 0 fully saturated rings. The van der Waals surface area contributed by atoms with Crippen LogP contribution in [0.15, 0.2) is 48.8 Å². The summed E-state index contributed by atoms with van der Waals surface area (Å²) in [7, 11) is 1.94. The Balaban J connectivity index is 2.33. The van der Waals surface area contributed by atoms with Crippen LogP contribution in [0.2, 0.25) is 5.02 Å². The van der Waals surface area contributed by atoms with Crippen LogP contribution in [0, 0.1) is 0 Å². The zero-order valence-corrected chi connectivity index (χ0v) is 9.78. The third kappa shape index (κ3) is 2.40. The Morgan fingerprint density at radius 3 is 2.12 bits per heavy atom. The lowest BCUT2D eigenvalue weighted by molar-refractivity contribution is 0.691. The molecule has 1 aromatic carbocycles. The van der Waals surface area contributed by atoms with E-state index in [1.54, 1.807) is 12.4 Å². The predicted octanol–water partition coefficient (Wildman–Crippen LogP) is 3.04. The predicted molar refractivity (Wildman–Crippen MR) is 66.6 cm³/mol. The second-order valence-corrected chi connectivity index (χ2v) is 3.99. The Hall–Kier alpha value is -1.38. The van der Waals surface area contributed by atoms with Crippen molar-refractivity contribution in [3.05, 3.63) is 64.9 Å². The molecule has 0 saturated carbocycles. The minimum Gasteiger partial charge on any atom is -0.309 e. The van der Waals surface area contributed by atoms with Gasteiger partial charge < -0.3 is 5.32 Å². The summed E-state index contributed by atoms with van der Waals surface area (Å²) in [6.45, 7) is 0. The van der Waals surface area contributed by atoms with Gasteiger partial charge in [-0.2, -0.15) is 0 Å². The minimum atomic E-state index is 0.181. The highest BCUT2D eigenvalue weighted by molar-refractivity contribution is 6.30. The van der Waals surface area contributed by atoms with Crippen molar-refractivity contribution in [2.45, 2.75) is 6.04 Å². The molecule has 0 aliphatic rings. The number of nitrogens with one attached hydrogen (secondary N) is 1. The number of halogens is 1. The summed E-state index contributed by atoms with van der Waals surface area (Å²) in [6, 6.07) is 12.1. The van der Waals surface area contributed by atoms with Crippen LogP contribution in [0.25, 0.3) is 0 Å². The van der Waals surface area contributed by atoms with Gasteiger partial charge in [0.1, 0.15) is 0 Å². The van der Waals surface area contributed by atoms with Crippen molar-refractivity contribution in [2.24, 2.45) is 0 Å². The molecule has 0 amide bonds. The number of rotatable bonds is 3. The van der Waals surface area contributed by atoms with E-state index in [0.717, 1.165) is 5.02 Å². The van der Waals surface area contributed by atoms with E-state index in [9.17, 15) is 0 Å². The monoisotopic (exact) mass is 232 g/mol. The first-order chi connectivity index (χ1) is 7.81. The molecular weight excluding hydrogens is 220 g/mol. The highest BCUT2D eigenvalue weighted by atomic mass is 35.5. The largest absolute Gasteiger partial charge is 0.309 e. The zero-order chi connectivity index (χ0) is 11.4. The van der Waals surface area contributed by atoms with Gasteiger partial charge in [-0.3, -0.25) is 4.98 Å². The van der Waals surface area contributed by atoms with Gasteiger partial charge in [-0.15, -0.1) is 0 Å². The Kier molecular flexibility index (Phi) is 3.54. The quantitative estimate of drug-likeness (QED) is 0.880. The third-order valence-electron chi connectivity index (χ3n) is 2.53. The molecule has 2 nitrogen and oxygen atoms in total. The molecule has 0 aliphatic carbocycles. The van der Waals surface area contributed by atoms with Crippen molar-refractivity contribution in [1.82, 2.24) is 10.3 Å². The molecule has 1 heterocycles. The van der Waals surface area contributed by atoms with Gasteiger partial charge in [0.25, 0.3) is 0 Å². The molecule has 0 radical (unpaired) electrons. The van der Waals surface area contributed by atoms with Gasteiger partial charge in [0.05, 0.1) is 6.04 Å². The molecule has 0 saturated heterocycles. The average molecular weight is 233 g/mol. The van der Waals surface area contributed by atoms with E-state index in [2.05, 4.69) is 10.3 Å². The lowest BCUT2D eigenvalue weighted by atomic mass is 10.0. The van der Waals surface area contributed by atoms with Gasteiger partial charge in [-0.25, -0.2) is 0 Å². The molecule has 2 rings (SSSR count). The van der Waals surface area contributed by atoms with Gasteiger partial charge in [0.15, 0.2) is 0 Å². The van der Waals surface area contributed by atoms with Crippen molar-refractivity contribution in [1.29, 1.82) is 0 Å². The van der Waals surface area contributed by atoms with Crippen LogP contribution in [0.3, 0.4) is 0 Å². The summed E-state index contributed by atoms with van der Waals surface area (Å²) in [6.07, 6.45) is 3.60. The zero-order valence-electron chi connectivity index (χ0n) is 9.02. The lowest BCUT2D eigenvalue weighted by Crippen LogP contribution is -2.17. The van der Waals surface area contributed by atoms with Crippen LogP contribution in [0.5, 0.6) is 0 Å². The lowest BCUT2D eigenvalue weighted by Gasteiger charge is -2.16. The summed E-state index contributed by atoms with van der Waals surface area (Å²) in [5.74, 6) is 0. The number of aromatic nitrogens is 1. The van der Waals surface area contributed by atoms with E-state index in [1.807, 2.05) is 43.4 Å². The number of hydrogen-bond donors (Lipinski definition) is 1. The van der Waals surface area contributed by atoms with Crippen molar-refractivity contribution in [3.8, 4) is 0 Å². The summed E-state index contributed by atoms with van der Waals surface area (Å²) in [4.78, 5) is 4.02. The molecule has 1 N–H and O–H groups in total. The van der Waals surface area contributed by atoms with Crippen molar-refractivity contribution in [3.63, 3.8) is 0 Å². The maximum absolute atomic E-state index is 5.88. The number of pyridine rings is 1. The molecule has 0 aliphatic heterocycles. The van der Waals surface area contributed by atoms with Crippen LogP contribution in [0.4, 0.5) is 0 Å². The summed E-state index contributed by atoms with van der Waals surface area (Å²) >= 11 is 5.88. The van der Waals surface area contributed by atoms with E-state index in [1.165, 1.54) is 11.1 Å². The van der Waals surface area contributed by atoms with Gasteiger partial charge in [-0.05, 0) is 42.4 Å². The van der Waals surface area contributed by atoms with Gasteiger partial charge >= 0.3 is 0 Å². The maximum Gasteiger partial charge on any atom is 0.0575 e. The summed E-state index contributed by atoms with van der Waals surface area (Å²) < 4.78 is 0. The fraction of sp³-hybridized carbons (Fsp3) is 0.154. The van der Waals surface area contributed by atoms with E-state index >= 15 is 0 Å². The molecule has 0 bridgehead atoms. The SMILES string of the molecule is CN[C@@H](c1ccncc1)c1ccc(Cl)cc1. The van der Waals surface area contributed by atoms with E-state index < -0.39 is 0 Å². The second kappa shape index (κ2) is 5.10. The van der Waals surface area contributed by atoms with Crippen LogP contribution < -0.4 is 5.32 Å². The molecule has 2 aromatic rings. The molecule has 82 valence electrons. The van der Waals surface area contributed by atoms with Crippen LogP contribution in [-0.4, -0.2) is 12.0 Å². The van der Waals surface area contributed by atoms with E-state index in [-0.39, 0.29) is 6.04 Å². The normalized spacial score (nSPS) is 12.4. The Bertz CT molecular complexity index is 439. The molecular formula is C13H13ClN2. The fourth-order valence-corrected chi connectivity index (χ4v) is 1.86. The minimum absolute atomic E-state index is 0.181. The number of benzene rings is 1. The first-order valence-corrected chi connectivity index (χ1v) is 5.51. The number of nitrogens with zero attached hydrogens (tertiary/aromatic N) is 1. The molecule has 16 heavy (non-hydrogen) atoms. The van der Waals surface area contributed by atoms with E-state index in [0.29, 0.717) is 0 Å².